The van der Waals surface area contributed by atoms with Crippen molar-refractivity contribution in [1.82, 2.24) is 19.4 Å². The van der Waals surface area contributed by atoms with Crippen LogP contribution in [0.15, 0.2) is 42.9 Å². The molecule has 3 aromatic rings. The van der Waals surface area contributed by atoms with Crippen molar-refractivity contribution in [2.45, 2.75) is 18.8 Å². The van der Waals surface area contributed by atoms with Crippen LogP contribution in [-0.2, 0) is 7.05 Å². The number of benzene rings is 1. The van der Waals surface area contributed by atoms with Gasteiger partial charge >= 0.3 is 0 Å². The predicted molar refractivity (Wildman–Crippen MR) is 92.8 cm³/mol. The lowest BCUT2D eigenvalue weighted by molar-refractivity contribution is 0.0696. The number of fused-ring (bicyclic) bond motifs is 1. The molecule has 5 nitrogen and oxygen atoms in total. The van der Waals surface area contributed by atoms with Crippen molar-refractivity contribution >= 4 is 16.8 Å². The van der Waals surface area contributed by atoms with Crippen LogP contribution in [0, 0.1) is 5.82 Å². The van der Waals surface area contributed by atoms with E-state index >= 15 is 0 Å². The summed E-state index contributed by atoms with van der Waals surface area (Å²) in [7, 11) is 1.84. The Balaban J connectivity index is 1.61. The highest BCUT2D eigenvalue weighted by molar-refractivity contribution is 5.98. The minimum absolute atomic E-state index is 0.0206. The van der Waals surface area contributed by atoms with E-state index in [1.165, 1.54) is 12.1 Å². The fourth-order valence-electron chi connectivity index (χ4n) is 3.61. The van der Waals surface area contributed by atoms with Crippen LogP contribution in [-0.4, -0.2) is 38.4 Å². The zero-order chi connectivity index (χ0) is 17.4. The minimum Gasteiger partial charge on any atom is -0.340 e. The lowest BCUT2D eigenvalue weighted by Crippen LogP contribution is -2.40. The summed E-state index contributed by atoms with van der Waals surface area (Å²) < 4.78 is 15.3. The first kappa shape index (κ1) is 15.7. The van der Waals surface area contributed by atoms with Crippen LogP contribution in [0.25, 0.3) is 10.9 Å². The van der Waals surface area contributed by atoms with Crippen molar-refractivity contribution in [1.29, 1.82) is 0 Å². The summed E-state index contributed by atoms with van der Waals surface area (Å²) in [5.41, 5.74) is 2.37. The number of aryl methyl sites for hydroxylation is 1. The number of rotatable bonds is 2. The van der Waals surface area contributed by atoms with Crippen LogP contribution in [0.4, 0.5) is 4.39 Å². The summed E-state index contributed by atoms with van der Waals surface area (Å²) in [4.78, 5) is 23.4. The van der Waals surface area contributed by atoms with E-state index in [0.29, 0.717) is 12.2 Å². The molecule has 0 N–H and O–H groups in total. The number of nitrogens with zero attached hydrogens (tertiary/aromatic N) is 4. The third kappa shape index (κ3) is 2.88. The van der Waals surface area contributed by atoms with Gasteiger partial charge in [0.15, 0.2) is 0 Å². The fourth-order valence-corrected chi connectivity index (χ4v) is 3.61. The Kier molecular flexibility index (Phi) is 3.95. The first-order valence-corrected chi connectivity index (χ1v) is 8.43. The second kappa shape index (κ2) is 6.27. The van der Waals surface area contributed by atoms with Gasteiger partial charge in [-0.1, -0.05) is 0 Å². The summed E-state index contributed by atoms with van der Waals surface area (Å²) in [6, 6.07) is 6.36. The standard InChI is InChI=1S/C19H19FN4O/c1-23-17-5-4-15(20)9-14(17)10-18(23)19(25)24-8-2-3-13(12-24)16-11-21-6-7-22-16/h4-7,9-11,13H,2-3,8,12H2,1H3/t13-/m1/s1. The molecule has 1 aromatic carbocycles. The average molecular weight is 338 g/mol. The zero-order valence-corrected chi connectivity index (χ0v) is 14.0. The van der Waals surface area contributed by atoms with Gasteiger partial charge in [0.1, 0.15) is 11.5 Å². The summed E-state index contributed by atoms with van der Waals surface area (Å²) in [6.45, 7) is 1.36. The molecule has 0 bridgehead atoms. The highest BCUT2D eigenvalue weighted by atomic mass is 19.1. The van der Waals surface area contributed by atoms with Gasteiger partial charge in [-0.3, -0.25) is 14.8 Å². The number of aromatic nitrogens is 3. The first-order valence-electron chi connectivity index (χ1n) is 8.43. The smallest absolute Gasteiger partial charge is 0.270 e. The molecule has 2 aromatic heterocycles. The highest BCUT2D eigenvalue weighted by Gasteiger charge is 2.28. The Bertz CT molecular complexity index is 922. The van der Waals surface area contributed by atoms with Crippen LogP contribution in [0.1, 0.15) is 34.9 Å². The maximum atomic E-state index is 13.5. The van der Waals surface area contributed by atoms with E-state index in [4.69, 9.17) is 0 Å². The average Bonchev–Trinajstić information content (AvgIpc) is 2.98. The van der Waals surface area contributed by atoms with Crippen molar-refractivity contribution in [3.8, 4) is 0 Å². The molecule has 0 saturated carbocycles. The molecule has 1 aliphatic rings. The van der Waals surface area contributed by atoms with Crippen molar-refractivity contribution in [2.24, 2.45) is 7.05 Å². The minimum atomic E-state index is -0.294. The molecule has 0 unspecified atom stereocenters. The molecule has 1 aliphatic heterocycles. The Morgan fingerprint density at radius 1 is 1.28 bits per heavy atom. The largest absolute Gasteiger partial charge is 0.340 e. The van der Waals surface area contributed by atoms with Crippen LogP contribution in [0.3, 0.4) is 0 Å². The van der Waals surface area contributed by atoms with Crippen LogP contribution in [0.2, 0.25) is 0 Å². The lowest BCUT2D eigenvalue weighted by atomic mass is 9.95. The second-order valence-electron chi connectivity index (χ2n) is 6.51. The monoisotopic (exact) mass is 338 g/mol. The summed E-state index contributed by atoms with van der Waals surface area (Å²) in [5, 5.41) is 0.744. The van der Waals surface area contributed by atoms with Gasteiger partial charge in [-0.15, -0.1) is 0 Å². The number of halogens is 1. The number of amides is 1. The maximum absolute atomic E-state index is 13.5. The Labute approximate surface area is 145 Å². The molecule has 6 heteroatoms. The van der Waals surface area contributed by atoms with Gasteiger partial charge in [-0.05, 0) is 37.1 Å². The SMILES string of the molecule is Cn1c(C(=O)N2CCC[C@@H](c3cnccn3)C2)cc2cc(F)ccc21. The van der Waals surface area contributed by atoms with E-state index in [0.717, 1.165) is 36.0 Å². The van der Waals surface area contributed by atoms with Crippen molar-refractivity contribution < 1.29 is 9.18 Å². The number of carbonyl (C=O) groups excluding carboxylic acids is 1. The lowest BCUT2D eigenvalue weighted by Gasteiger charge is -2.32. The summed E-state index contributed by atoms with van der Waals surface area (Å²) >= 11 is 0. The Morgan fingerprint density at radius 2 is 2.16 bits per heavy atom. The van der Waals surface area contributed by atoms with Gasteiger partial charge in [-0.2, -0.15) is 0 Å². The molecule has 128 valence electrons. The highest BCUT2D eigenvalue weighted by Crippen LogP contribution is 2.27. The normalized spacial score (nSPS) is 17.8. The van der Waals surface area contributed by atoms with Crippen molar-refractivity contribution in [2.75, 3.05) is 13.1 Å². The number of likely N-dealkylation sites (tertiary alicyclic amines) is 1. The van der Waals surface area contributed by atoms with Crippen LogP contribution >= 0.6 is 0 Å². The number of hydrogen-bond donors (Lipinski definition) is 0. The van der Waals surface area contributed by atoms with Crippen LogP contribution in [0.5, 0.6) is 0 Å². The first-order chi connectivity index (χ1) is 12.1. The van der Waals surface area contributed by atoms with E-state index < -0.39 is 0 Å². The maximum Gasteiger partial charge on any atom is 0.270 e. The Hall–Kier alpha value is -2.76. The number of piperidine rings is 1. The van der Waals surface area contributed by atoms with Gasteiger partial charge in [0.2, 0.25) is 0 Å². The molecule has 1 amide bonds. The van der Waals surface area contributed by atoms with E-state index in [-0.39, 0.29) is 17.6 Å². The number of carbonyl (C=O) groups is 1. The quantitative estimate of drug-likeness (QED) is 0.721. The molecule has 0 aliphatic carbocycles. The van der Waals surface area contributed by atoms with Gasteiger partial charge in [-0.25, -0.2) is 4.39 Å². The van der Waals surface area contributed by atoms with Gasteiger partial charge < -0.3 is 9.47 Å². The van der Waals surface area contributed by atoms with Gasteiger partial charge in [0.25, 0.3) is 5.91 Å². The molecule has 0 spiro atoms. The van der Waals surface area contributed by atoms with E-state index in [1.54, 1.807) is 30.7 Å². The third-order valence-electron chi connectivity index (χ3n) is 4.93. The van der Waals surface area contributed by atoms with Crippen molar-refractivity contribution in [3.05, 3.63) is 60.1 Å². The molecule has 25 heavy (non-hydrogen) atoms. The molecular formula is C19H19FN4O. The van der Waals surface area contributed by atoms with E-state index in [9.17, 15) is 9.18 Å². The fraction of sp³-hybridized carbons (Fsp3) is 0.316. The zero-order valence-electron chi connectivity index (χ0n) is 14.0. The molecule has 1 atom stereocenters. The van der Waals surface area contributed by atoms with Crippen molar-refractivity contribution in [3.63, 3.8) is 0 Å². The molecule has 4 rings (SSSR count). The molecular weight excluding hydrogens is 319 g/mol. The third-order valence-corrected chi connectivity index (χ3v) is 4.93. The summed E-state index contributed by atoms with van der Waals surface area (Å²) in [6.07, 6.45) is 7.06. The second-order valence-corrected chi connectivity index (χ2v) is 6.51. The van der Waals surface area contributed by atoms with Gasteiger partial charge in [0, 0.05) is 55.5 Å². The molecule has 1 fully saturated rings. The topological polar surface area (TPSA) is 51.0 Å². The molecule has 1 saturated heterocycles. The van der Waals surface area contributed by atoms with Crippen LogP contribution < -0.4 is 0 Å². The number of hydrogen-bond acceptors (Lipinski definition) is 3. The summed E-state index contributed by atoms with van der Waals surface area (Å²) in [5.74, 6) is -0.107. The predicted octanol–water partition coefficient (Wildman–Crippen LogP) is 3.13. The Morgan fingerprint density at radius 3 is 2.96 bits per heavy atom. The molecule has 3 heterocycles. The van der Waals surface area contributed by atoms with Gasteiger partial charge in [0.05, 0.1) is 5.69 Å². The van der Waals surface area contributed by atoms with E-state index in [1.807, 2.05) is 16.5 Å². The van der Waals surface area contributed by atoms with E-state index in [2.05, 4.69) is 9.97 Å². The molecule has 0 radical (unpaired) electrons.